The van der Waals surface area contributed by atoms with Gasteiger partial charge in [0.05, 0.1) is 5.56 Å². The Balaban J connectivity index is 2.10. The van der Waals surface area contributed by atoms with Crippen molar-refractivity contribution in [1.82, 2.24) is 19.7 Å². The van der Waals surface area contributed by atoms with Gasteiger partial charge in [-0.2, -0.15) is 0 Å². The van der Waals surface area contributed by atoms with Gasteiger partial charge < -0.3 is 14.5 Å². The largest absolute Gasteiger partial charge is 0.453 e. The highest BCUT2D eigenvalue weighted by atomic mass is 16.3. The van der Waals surface area contributed by atoms with Crippen molar-refractivity contribution in [3.63, 3.8) is 0 Å². The van der Waals surface area contributed by atoms with Crippen LogP contribution in [-0.2, 0) is 7.05 Å². The lowest BCUT2D eigenvalue weighted by atomic mass is 10.0. The monoisotopic (exact) mass is 346 g/mol. The Morgan fingerprint density at radius 1 is 1.12 bits per heavy atom. The van der Waals surface area contributed by atoms with Crippen molar-refractivity contribution in [3.8, 4) is 11.1 Å². The molecule has 7 nitrogen and oxygen atoms in total. The van der Waals surface area contributed by atoms with Crippen LogP contribution >= 0.6 is 0 Å². The average Bonchev–Trinajstić information content (AvgIpc) is 3.19. The van der Waals surface area contributed by atoms with Gasteiger partial charge in [-0.15, -0.1) is 0 Å². The molecule has 2 N–H and O–H groups in total. The van der Waals surface area contributed by atoms with Gasteiger partial charge in [-0.1, -0.05) is 0 Å². The van der Waals surface area contributed by atoms with E-state index in [9.17, 15) is 9.59 Å². The second-order valence-electron chi connectivity index (χ2n) is 6.31. The molecule has 5 aromatic rings. The molecule has 0 aliphatic carbocycles. The number of hydrogen-bond donors (Lipinski definition) is 2. The minimum Gasteiger partial charge on any atom is -0.453 e. The van der Waals surface area contributed by atoms with Gasteiger partial charge in [-0.25, -0.2) is 4.98 Å². The van der Waals surface area contributed by atoms with Gasteiger partial charge in [0.2, 0.25) is 0 Å². The molecule has 4 heterocycles. The molecule has 0 aliphatic heterocycles. The molecule has 0 saturated carbocycles. The van der Waals surface area contributed by atoms with Crippen LogP contribution in [-0.4, -0.2) is 19.7 Å². The number of nitrogens with zero attached hydrogens (tertiary/aromatic N) is 2. The predicted octanol–water partition coefficient (Wildman–Crippen LogP) is 2.82. The van der Waals surface area contributed by atoms with E-state index >= 15 is 0 Å². The van der Waals surface area contributed by atoms with E-state index in [-0.39, 0.29) is 11.0 Å². The number of hydrogen-bond acceptors (Lipinski definition) is 4. The summed E-state index contributed by atoms with van der Waals surface area (Å²) in [7, 11) is 1.85. The fraction of sp³-hybridized carbons (Fsp3) is 0.105. The molecule has 0 aliphatic rings. The number of fused-ring (bicyclic) bond motifs is 4. The highest BCUT2D eigenvalue weighted by Crippen LogP contribution is 2.38. The second kappa shape index (κ2) is 4.95. The SMILES string of the molecule is Cc1c(=O)ccc2c1oc1c(-c3ccc[nH]c3=O)c3c[nH]n(C)c3nc12. The van der Waals surface area contributed by atoms with Gasteiger partial charge in [-0.3, -0.25) is 14.3 Å². The van der Waals surface area contributed by atoms with E-state index in [1.165, 1.54) is 6.07 Å². The molecule has 0 saturated heterocycles. The number of nitrogens with one attached hydrogen (secondary N) is 2. The van der Waals surface area contributed by atoms with E-state index in [1.54, 1.807) is 42.2 Å². The van der Waals surface area contributed by atoms with Crippen molar-refractivity contribution >= 4 is 33.1 Å². The van der Waals surface area contributed by atoms with Gasteiger partial charge in [-0.05, 0) is 31.2 Å². The maximum Gasteiger partial charge on any atom is 0.255 e. The molecule has 1 aromatic carbocycles. The highest BCUT2D eigenvalue weighted by molar-refractivity contribution is 6.14. The summed E-state index contributed by atoms with van der Waals surface area (Å²) in [6.45, 7) is 1.73. The van der Waals surface area contributed by atoms with E-state index < -0.39 is 0 Å². The van der Waals surface area contributed by atoms with Crippen LogP contribution in [0.4, 0.5) is 0 Å². The zero-order valence-corrected chi connectivity index (χ0v) is 14.1. The lowest BCUT2D eigenvalue weighted by Gasteiger charge is -2.04. The van der Waals surface area contributed by atoms with E-state index in [0.717, 1.165) is 10.8 Å². The third kappa shape index (κ3) is 1.79. The van der Waals surface area contributed by atoms with E-state index in [2.05, 4.69) is 10.1 Å². The van der Waals surface area contributed by atoms with Crippen LogP contribution in [0, 0.1) is 6.92 Å². The number of H-pyrrole nitrogens is 2. The Kier molecular flexibility index (Phi) is 2.80. The normalized spacial score (nSPS) is 11.8. The van der Waals surface area contributed by atoms with Crippen LogP contribution in [0.1, 0.15) is 5.56 Å². The summed E-state index contributed by atoms with van der Waals surface area (Å²) in [4.78, 5) is 31.9. The molecule has 128 valence electrons. The van der Waals surface area contributed by atoms with Crippen LogP contribution in [0.2, 0.25) is 0 Å². The topological polar surface area (TPSA) is 96.7 Å². The summed E-state index contributed by atoms with van der Waals surface area (Å²) in [5.74, 6) is 0. The smallest absolute Gasteiger partial charge is 0.255 e. The average molecular weight is 346 g/mol. The van der Waals surface area contributed by atoms with E-state index in [4.69, 9.17) is 9.40 Å². The third-order valence-corrected chi connectivity index (χ3v) is 4.79. The maximum atomic E-state index is 12.5. The quantitative estimate of drug-likeness (QED) is 0.488. The van der Waals surface area contributed by atoms with Crippen LogP contribution < -0.4 is 11.0 Å². The third-order valence-electron chi connectivity index (χ3n) is 4.79. The molecule has 0 bridgehead atoms. The van der Waals surface area contributed by atoms with Gasteiger partial charge in [0, 0.05) is 41.3 Å². The number of pyridine rings is 2. The van der Waals surface area contributed by atoms with Gasteiger partial charge in [0.1, 0.15) is 11.1 Å². The van der Waals surface area contributed by atoms with Crippen LogP contribution in [0.15, 0.2) is 50.7 Å². The highest BCUT2D eigenvalue weighted by Gasteiger charge is 2.22. The zero-order chi connectivity index (χ0) is 18.0. The Hall–Kier alpha value is -3.61. The van der Waals surface area contributed by atoms with Crippen molar-refractivity contribution in [1.29, 1.82) is 0 Å². The van der Waals surface area contributed by atoms with Crippen molar-refractivity contribution in [2.75, 3.05) is 0 Å². The summed E-state index contributed by atoms with van der Waals surface area (Å²) < 4.78 is 7.86. The number of rotatable bonds is 1. The minimum atomic E-state index is -0.216. The molecule has 7 heteroatoms. The first-order chi connectivity index (χ1) is 12.6. The fourth-order valence-corrected chi connectivity index (χ4v) is 3.45. The molecular weight excluding hydrogens is 332 g/mol. The number of aromatic nitrogens is 4. The molecular formula is C19H14N4O3. The number of benzene rings is 1. The molecule has 0 unspecified atom stereocenters. The van der Waals surface area contributed by atoms with Crippen LogP contribution in [0.3, 0.4) is 0 Å². The maximum absolute atomic E-state index is 12.5. The predicted molar refractivity (Wildman–Crippen MR) is 99.4 cm³/mol. The van der Waals surface area contributed by atoms with Crippen molar-refractivity contribution < 1.29 is 4.42 Å². The van der Waals surface area contributed by atoms with E-state index in [1.807, 2.05) is 7.05 Å². The van der Waals surface area contributed by atoms with Gasteiger partial charge in [0.15, 0.2) is 16.7 Å². The number of furan rings is 1. The molecule has 0 atom stereocenters. The second-order valence-corrected chi connectivity index (χ2v) is 6.31. The fourth-order valence-electron chi connectivity index (χ4n) is 3.45. The van der Waals surface area contributed by atoms with Crippen LogP contribution in [0.5, 0.6) is 0 Å². The van der Waals surface area contributed by atoms with Crippen LogP contribution in [0.25, 0.3) is 44.2 Å². The Morgan fingerprint density at radius 3 is 2.77 bits per heavy atom. The molecule has 26 heavy (non-hydrogen) atoms. The Morgan fingerprint density at radius 2 is 1.96 bits per heavy atom. The lowest BCUT2D eigenvalue weighted by Crippen LogP contribution is -2.07. The molecule has 0 radical (unpaired) electrons. The Labute approximate surface area is 145 Å². The molecule has 0 spiro atoms. The van der Waals surface area contributed by atoms with Gasteiger partial charge in [0.25, 0.3) is 5.56 Å². The van der Waals surface area contributed by atoms with Crippen molar-refractivity contribution in [2.45, 2.75) is 6.92 Å². The summed E-state index contributed by atoms with van der Waals surface area (Å²) in [5, 5.41) is 4.62. The molecule has 5 rings (SSSR count). The first-order valence-electron chi connectivity index (χ1n) is 8.14. The summed E-state index contributed by atoms with van der Waals surface area (Å²) >= 11 is 0. The molecule has 0 fully saturated rings. The molecule has 4 aromatic heterocycles. The van der Waals surface area contributed by atoms with Crippen molar-refractivity contribution in [2.24, 2.45) is 7.05 Å². The summed E-state index contributed by atoms with van der Waals surface area (Å²) in [6, 6.07) is 6.76. The standard InChI is InChI=1S/C19H14N4O3/c1-9-13(24)6-5-11-15-17(26-16(9)11)14(10-4-3-7-20-19(10)25)12-8-21-23(2)18(12)22-15/h3-8,21H,1-2H3,(H,20,25). The first kappa shape index (κ1) is 14.7. The number of aromatic amines is 2. The lowest BCUT2D eigenvalue weighted by molar-refractivity contribution is 0.666. The summed E-state index contributed by atoms with van der Waals surface area (Å²) in [5.41, 5.74) is 3.71. The minimum absolute atomic E-state index is 0.0893. The first-order valence-corrected chi connectivity index (χ1v) is 8.14. The zero-order valence-electron chi connectivity index (χ0n) is 14.1. The van der Waals surface area contributed by atoms with Gasteiger partial charge >= 0.3 is 0 Å². The Bertz CT molecular complexity index is 1450. The molecule has 0 amide bonds. The van der Waals surface area contributed by atoms with Crippen molar-refractivity contribution in [3.05, 3.63) is 62.8 Å². The van der Waals surface area contributed by atoms with E-state index in [0.29, 0.717) is 39.0 Å². The summed E-state index contributed by atoms with van der Waals surface area (Å²) in [6.07, 6.45) is 3.38. The number of aryl methyl sites for hydroxylation is 2.